The maximum atomic E-state index is 11.9. The number of rotatable bonds is 4. The molecule has 0 fully saturated rings. The van der Waals surface area contributed by atoms with Crippen molar-refractivity contribution in [3.63, 3.8) is 0 Å². The van der Waals surface area contributed by atoms with Gasteiger partial charge in [-0.25, -0.2) is 5.21 Å². The van der Waals surface area contributed by atoms with Crippen LogP contribution in [0.4, 0.5) is 5.69 Å². The molecule has 19 heavy (non-hydrogen) atoms. The summed E-state index contributed by atoms with van der Waals surface area (Å²) in [5, 5.41) is 18.4. The van der Waals surface area contributed by atoms with Gasteiger partial charge in [0.15, 0.2) is 5.69 Å². The minimum absolute atomic E-state index is 0.0729. The van der Waals surface area contributed by atoms with E-state index in [2.05, 4.69) is 0 Å². The molecule has 2 rings (SSSR count). The van der Waals surface area contributed by atoms with E-state index in [1.165, 1.54) is 24.3 Å². The number of nitrogens with one attached hydrogen (secondary N) is 1. The lowest BCUT2D eigenvalue weighted by Gasteiger charge is -2.11. The lowest BCUT2D eigenvalue weighted by Crippen LogP contribution is -2.99. The van der Waals surface area contributed by atoms with E-state index in [0.717, 1.165) is 0 Å². The number of hydrogen-bond donors (Lipinski definition) is 2. The van der Waals surface area contributed by atoms with E-state index in [1.54, 1.807) is 30.3 Å². The lowest BCUT2D eigenvalue weighted by atomic mass is 10.0. The van der Waals surface area contributed by atoms with E-state index in [9.17, 15) is 14.8 Å². The Hall–Kier alpha value is -2.34. The number of hydrogen-bond acceptors (Lipinski definition) is 4. The molecule has 0 aliphatic heterocycles. The van der Waals surface area contributed by atoms with Crippen molar-refractivity contribution >= 4 is 17.3 Å². The van der Waals surface area contributed by atoms with Crippen molar-refractivity contribution in [2.24, 2.45) is 0 Å². The molecule has 0 radical (unpaired) electrons. The van der Waals surface area contributed by atoms with Crippen LogP contribution in [-0.2, 0) is 0 Å². The number of ketones is 2. The number of carbonyl (C=O) groups is 2. The fraction of sp³-hybridized carbons (Fsp3) is 0. The van der Waals surface area contributed by atoms with Crippen LogP contribution in [0.5, 0.6) is 0 Å². The zero-order chi connectivity index (χ0) is 13.8. The van der Waals surface area contributed by atoms with Crippen molar-refractivity contribution in [2.45, 2.75) is 0 Å². The van der Waals surface area contributed by atoms with E-state index in [4.69, 9.17) is 5.21 Å². The standard InChI is InChI=1S/C14H11NO4/c16-13(10-4-2-1-3-5-10)14(17)11-6-8-12(9-7-11)15(18)19/h1-9,15,18H. The van der Waals surface area contributed by atoms with Crippen molar-refractivity contribution in [1.29, 1.82) is 0 Å². The molecule has 0 spiro atoms. The third kappa shape index (κ3) is 2.92. The molecule has 1 atom stereocenters. The van der Waals surface area contributed by atoms with Gasteiger partial charge in [0, 0.05) is 23.3 Å². The molecular formula is C14H11NO4. The first-order valence-electron chi connectivity index (χ1n) is 5.57. The molecule has 0 amide bonds. The fourth-order valence-corrected chi connectivity index (χ4v) is 1.62. The van der Waals surface area contributed by atoms with E-state index < -0.39 is 16.8 Å². The Morgan fingerprint density at radius 3 is 1.79 bits per heavy atom. The second-order valence-corrected chi connectivity index (χ2v) is 3.91. The average Bonchev–Trinajstić information content (AvgIpc) is 2.46. The highest BCUT2D eigenvalue weighted by Crippen LogP contribution is 2.10. The second-order valence-electron chi connectivity index (χ2n) is 3.91. The minimum Gasteiger partial charge on any atom is -0.595 e. The summed E-state index contributed by atoms with van der Waals surface area (Å²) in [4.78, 5) is 23.8. The molecular weight excluding hydrogens is 246 g/mol. The molecule has 1 unspecified atom stereocenters. The molecule has 2 aromatic rings. The summed E-state index contributed by atoms with van der Waals surface area (Å²) in [6, 6.07) is 13.5. The van der Waals surface area contributed by atoms with Crippen LogP contribution >= 0.6 is 0 Å². The van der Waals surface area contributed by atoms with Crippen molar-refractivity contribution in [3.05, 3.63) is 70.9 Å². The molecule has 2 aromatic carbocycles. The molecule has 5 nitrogen and oxygen atoms in total. The summed E-state index contributed by atoms with van der Waals surface area (Å²) >= 11 is 0. The summed E-state index contributed by atoms with van der Waals surface area (Å²) in [6.07, 6.45) is 0. The molecule has 0 aliphatic carbocycles. The smallest absolute Gasteiger partial charge is 0.233 e. The highest BCUT2D eigenvalue weighted by atomic mass is 16.8. The maximum Gasteiger partial charge on any atom is 0.233 e. The minimum atomic E-state index is -1.08. The van der Waals surface area contributed by atoms with Gasteiger partial charge in [-0.1, -0.05) is 30.3 Å². The summed E-state index contributed by atoms with van der Waals surface area (Å²) in [6.45, 7) is 0. The topological polar surface area (TPSA) is 81.9 Å². The van der Waals surface area contributed by atoms with Gasteiger partial charge in [0.1, 0.15) is 0 Å². The molecule has 0 aliphatic rings. The Labute approximate surface area is 109 Å². The molecule has 5 heteroatoms. The Bertz CT molecular complexity index is 591. The maximum absolute atomic E-state index is 11.9. The monoisotopic (exact) mass is 257 g/mol. The summed E-state index contributed by atoms with van der Waals surface area (Å²) in [5.74, 6) is -1.26. The molecule has 0 aromatic heterocycles. The number of carbonyl (C=O) groups excluding carboxylic acids is 2. The first-order valence-corrected chi connectivity index (χ1v) is 5.57. The van der Waals surface area contributed by atoms with Crippen LogP contribution in [0.15, 0.2) is 54.6 Å². The third-order valence-corrected chi connectivity index (χ3v) is 2.64. The van der Waals surface area contributed by atoms with Gasteiger partial charge in [-0.15, -0.1) is 0 Å². The van der Waals surface area contributed by atoms with Crippen LogP contribution in [-0.4, -0.2) is 16.8 Å². The molecule has 96 valence electrons. The van der Waals surface area contributed by atoms with Gasteiger partial charge in [0.2, 0.25) is 11.6 Å². The highest BCUT2D eigenvalue weighted by molar-refractivity contribution is 6.49. The Kier molecular flexibility index (Phi) is 3.82. The zero-order valence-electron chi connectivity index (χ0n) is 9.87. The molecule has 0 saturated heterocycles. The SMILES string of the molecule is O=C(C(=O)c1ccc([NH+]([O-])O)cc1)c1ccccc1. The average molecular weight is 257 g/mol. The van der Waals surface area contributed by atoms with Crippen molar-refractivity contribution < 1.29 is 20.0 Å². The van der Waals surface area contributed by atoms with Crippen molar-refractivity contribution in [1.82, 2.24) is 0 Å². The molecule has 2 N–H and O–H groups in total. The first-order chi connectivity index (χ1) is 9.09. The third-order valence-electron chi connectivity index (χ3n) is 2.64. The van der Waals surface area contributed by atoms with E-state index >= 15 is 0 Å². The van der Waals surface area contributed by atoms with Crippen LogP contribution in [0.1, 0.15) is 20.7 Å². The Morgan fingerprint density at radius 2 is 1.32 bits per heavy atom. The molecule has 0 saturated carbocycles. The first kappa shape index (κ1) is 13.1. The van der Waals surface area contributed by atoms with Gasteiger partial charge < -0.3 is 5.21 Å². The summed E-state index contributed by atoms with van der Waals surface area (Å²) in [7, 11) is 0. The van der Waals surface area contributed by atoms with Crippen LogP contribution in [0.2, 0.25) is 0 Å². The normalized spacial score (nSPS) is 11.9. The summed E-state index contributed by atoms with van der Waals surface area (Å²) in [5.41, 5.74) is 0.567. The summed E-state index contributed by atoms with van der Waals surface area (Å²) < 4.78 is 0. The van der Waals surface area contributed by atoms with Crippen LogP contribution in [0.3, 0.4) is 0 Å². The highest BCUT2D eigenvalue weighted by Gasteiger charge is 2.18. The number of Topliss-reactive ketones (excluding diaryl/α,β-unsaturated/α-hetero) is 2. The van der Waals surface area contributed by atoms with E-state index in [1.807, 2.05) is 0 Å². The van der Waals surface area contributed by atoms with Crippen LogP contribution in [0, 0.1) is 5.21 Å². The van der Waals surface area contributed by atoms with Crippen LogP contribution < -0.4 is 5.23 Å². The molecule has 0 bridgehead atoms. The largest absolute Gasteiger partial charge is 0.595 e. The van der Waals surface area contributed by atoms with E-state index in [-0.39, 0.29) is 11.3 Å². The van der Waals surface area contributed by atoms with Gasteiger partial charge in [0.25, 0.3) is 0 Å². The van der Waals surface area contributed by atoms with Gasteiger partial charge in [-0.2, -0.15) is 5.23 Å². The zero-order valence-corrected chi connectivity index (χ0v) is 9.87. The predicted molar refractivity (Wildman–Crippen MR) is 67.3 cm³/mol. The van der Waals surface area contributed by atoms with Gasteiger partial charge in [-0.05, 0) is 12.1 Å². The van der Waals surface area contributed by atoms with Gasteiger partial charge >= 0.3 is 0 Å². The van der Waals surface area contributed by atoms with Crippen molar-refractivity contribution in [2.75, 3.05) is 0 Å². The quantitative estimate of drug-likeness (QED) is 0.489. The molecule has 0 heterocycles. The second kappa shape index (κ2) is 5.53. The van der Waals surface area contributed by atoms with Gasteiger partial charge in [0.05, 0.1) is 0 Å². The predicted octanol–water partition coefficient (Wildman–Crippen LogP) is 1.16. The number of quaternary nitrogens is 1. The van der Waals surface area contributed by atoms with Gasteiger partial charge in [-0.3, -0.25) is 9.59 Å². The lowest BCUT2D eigenvalue weighted by molar-refractivity contribution is -0.991. The fourth-order valence-electron chi connectivity index (χ4n) is 1.62. The van der Waals surface area contributed by atoms with E-state index in [0.29, 0.717) is 5.56 Å². The van der Waals surface area contributed by atoms with Crippen LogP contribution in [0.25, 0.3) is 0 Å². The Morgan fingerprint density at radius 1 is 0.842 bits per heavy atom. The number of benzene rings is 2. The van der Waals surface area contributed by atoms with Crippen molar-refractivity contribution in [3.8, 4) is 0 Å². The Balaban J connectivity index is 2.22.